The number of carbonyl (C=O) groups excluding carboxylic acids is 1. The lowest BCUT2D eigenvalue weighted by molar-refractivity contribution is -0.114. The molecule has 82 valence electrons. The van der Waals surface area contributed by atoms with Crippen LogP contribution in [0, 0.1) is 5.92 Å². The highest BCUT2D eigenvalue weighted by Crippen LogP contribution is 2.39. The summed E-state index contributed by atoms with van der Waals surface area (Å²) >= 11 is 0. The van der Waals surface area contributed by atoms with Crippen LogP contribution in [0.4, 0.5) is 0 Å². The fourth-order valence-electron chi connectivity index (χ4n) is 2.59. The Morgan fingerprint density at radius 1 is 1.56 bits per heavy atom. The molecule has 0 aromatic heterocycles. The highest BCUT2D eigenvalue weighted by Gasteiger charge is 2.36. The molecule has 2 aliphatic heterocycles. The van der Waals surface area contributed by atoms with Crippen LogP contribution in [0.25, 0.3) is 0 Å². The monoisotopic (exact) mass is 215 g/mol. The van der Waals surface area contributed by atoms with Crippen molar-refractivity contribution < 1.29 is 4.79 Å². The maximum absolute atomic E-state index is 11.1. The van der Waals surface area contributed by atoms with E-state index in [2.05, 4.69) is 9.89 Å². The SMILES string of the molecule is NC(=O)C1=CCC2CC3C=NC=CN3C2=C1. The van der Waals surface area contributed by atoms with Crippen molar-refractivity contribution in [2.24, 2.45) is 16.6 Å². The first-order valence-electron chi connectivity index (χ1n) is 5.45. The average molecular weight is 215 g/mol. The number of fused-ring (bicyclic) bond motifs is 3. The largest absolute Gasteiger partial charge is 0.366 e. The van der Waals surface area contributed by atoms with E-state index in [0.29, 0.717) is 17.5 Å². The molecule has 4 nitrogen and oxygen atoms in total. The molecular weight excluding hydrogens is 202 g/mol. The number of amides is 1. The van der Waals surface area contributed by atoms with Gasteiger partial charge in [-0.2, -0.15) is 0 Å². The van der Waals surface area contributed by atoms with Crippen molar-refractivity contribution in [3.8, 4) is 0 Å². The van der Waals surface area contributed by atoms with Gasteiger partial charge in [-0.15, -0.1) is 0 Å². The number of rotatable bonds is 1. The molecule has 0 aromatic rings. The van der Waals surface area contributed by atoms with E-state index in [9.17, 15) is 4.79 Å². The third-order valence-electron chi connectivity index (χ3n) is 3.38. The molecule has 2 N–H and O–H groups in total. The van der Waals surface area contributed by atoms with Gasteiger partial charge in [-0.05, 0) is 18.9 Å². The van der Waals surface area contributed by atoms with Gasteiger partial charge in [-0.25, -0.2) is 0 Å². The Morgan fingerprint density at radius 3 is 3.25 bits per heavy atom. The Labute approximate surface area is 93.8 Å². The highest BCUT2D eigenvalue weighted by molar-refractivity contribution is 5.95. The third kappa shape index (κ3) is 1.30. The Kier molecular flexibility index (Phi) is 1.96. The minimum Gasteiger partial charge on any atom is -0.366 e. The molecule has 0 spiro atoms. The van der Waals surface area contributed by atoms with Crippen molar-refractivity contribution in [1.29, 1.82) is 0 Å². The molecule has 1 aliphatic carbocycles. The second-order valence-corrected chi connectivity index (χ2v) is 4.33. The molecular formula is C12H13N3O. The van der Waals surface area contributed by atoms with Gasteiger partial charge in [0.1, 0.15) is 0 Å². The summed E-state index contributed by atoms with van der Waals surface area (Å²) in [6, 6.07) is 0.349. The van der Waals surface area contributed by atoms with Crippen molar-refractivity contribution in [2.75, 3.05) is 0 Å². The number of hydrogen-bond acceptors (Lipinski definition) is 3. The van der Waals surface area contributed by atoms with Gasteiger partial charge in [-0.1, -0.05) is 6.08 Å². The van der Waals surface area contributed by atoms with Gasteiger partial charge < -0.3 is 10.6 Å². The lowest BCUT2D eigenvalue weighted by Crippen LogP contribution is -2.26. The van der Waals surface area contributed by atoms with E-state index in [-0.39, 0.29) is 5.91 Å². The van der Waals surface area contributed by atoms with Crippen LogP contribution >= 0.6 is 0 Å². The maximum atomic E-state index is 11.1. The van der Waals surface area contributed by atoms with Crippen LogP contribution in [0.1, 0.15) is 12.8 Å². The number of nitrogens with two attached hydrogens (primary N) is 1. The van der Waals surface area contributed by atoms with Crippen LogP contribution in [0.3, 0.4) is 0 Å². The van der Waals surface area contributed by atoms with Gasteiger partial charge in [0, 0.05) is 35.8 Å². The summed E-state index contributed by atoms with van der Waals surface area (Å²) < 4.78 is 0. The standard InChI is InChI=1S/C12H13N3O/c13-12(16)9-2-1-8-5-10-7-14-3-4-15(10)11(8)6-9/h2-4,6-8,10H,1,5H2,(H2,13,16). The van der Waals surface area contributed by atoms with Crippen LogP contribution in [0.5, 0.6) is 0 Å². The van der Waals surface area contributed by atoms with Gasteiger partial charge in [0.15, 0.2) is 0 Å². The maximum Gasteiger partial charge on any atom is 0.248 e. The summed E-state index contributed by atoms with van der Waals surface area (Å²) in [4.78, 5) is 17.5. The van der Waals surface area contributed by atoms with Gasteiger partial charge in [0.25, 0.3) is 0 Å². The molecule has 2 heterocycles. The quantitative estimate of drug-likeness (QED) is 0.707. The molecule has 0 bridgehead atoms. The predicted molar refractivity (Wildman–Crippen MR) is 61.3 cm³/mol. The summed E-state index contributed by atoms with van der Waals surface area (Å²) in [7, 11) is 0. The number of hydrogen-bond donors (Lipinski definition) is 1. The molecule has 1 saturated heterocycles. The van der Waals surface area contributed by atoms with Crippen LogP contribution in [0.2, 0.25) is 0 Å². The molecule has 0 saturated carbocycles. The first-order chi connectivity index (χ1) is 7.75. The average Bonchev–Trinajstić information content (AvgIpc) is 2.66. The first kappa shape index (κ1) is 9.39. The van der Waals surface area contributed by atoms with Gasteiger partial charge in [0.05, 0.1) is 6.04 Å². The van der Waals surface area contributed by atoms with Crippen LogP contribution in [0.15, 0.2) is 40.8 Å². The third-order valence-corrected chi connectivity index (χ3v) is 3.38. The van der Waals surface area contributed by atoms with E-state index >= 15 is 0 Å². The minimum atomic E-state index is -0.343. The number of allylic oxidation sites excluding steroid dienone is 2. The number of primary amides is 1. The van der Waals surface area contributed by atoms with Gasteiger partial charge in [0.2, 0.25) is 5.91 Å². The lowest BCUT2D eigenvalue weighted by atomic mass is 9.92. The van der Waals surface area contributed by atoms with E-state index < -0.39 is 0 Å². The zero-order chi connectivity index (χ0) is 11.1. The minimum absolute atomic E-state index is 0.343. The topological polar surface area (TPSA) is 58.7 Å². The van der Waals surface area contributed by atoms with Crippen LogP contribution in [-0.2, 0) is 4.79 Å². The van der Waals surface area contributed by atoms with Crippen molar-refractivity contribution in [3.63, 3.8) is 0 Å². The molecule has 1 fully saturated rings. The second kappa shape index (κ2) is 3.33. The summed E-state index contributed by atoms with van der Waals surface area (Å²) in [5, 5.41) is 0. The van der Waals surface area contributed by atoms with Crippen molar-refractivity contribution in [3.05, 3.63) is 35.8 Å². The number of carbonyl (C=O) groups is 1. The van der Waals surface area contributed by atoms with Crippen molar-refractivity contribution >= 4 is 12.1 Å². The zero-order valence-corrected chi connectivity index (χ0v) is 8.84. The lowest BCUT2D eigenvalue weighted by Gasteiger charge is -2.25. The number of nitrogens with zero attached hydrogens (tertiary/aromatic N) is 2. The Bertz CT molecular complexity index is 459. The number of aliphatic imine (C=N–C) groups is 1. The first-order valence-corrected chi connectivity index (χ1v) is 5.45. The smallest absolute Gasteiger partial charge is 0.248 e. The molecule has 3 aliphatic rings. The van der Waals surface area contributed by atoms with E-state index in [4.69, 9.17) is 5.73 Å². The fraction of sp³-hybridized carbons (Fsp3) is 0.333. The Morgan fingerprint density at radius 2 is 2.44 bits per heavy atom. The summed E-state index contributed by atoms with van der Waals surface area (Å²) in [6.45, 7) is 0. The van der Waals surface area contributed by atoms with Gasteiger partial charge in [-0.3, -0.25) is 9.79 Å². The zero-order valence-electron chi connectivity index (χ0n) is 8.84. The molecule has 3 rings (SSSR count). The second-order valence-electron chi connectivity index (χ2n) is 4.33. The molecule has 2 atom stereocenters. The van der Waals surface area contributed by atoms with E-state index in [0.717, 1.165) is 12.8 Å². The summed E-state index contributed by atoms with van der Waals surface area (Å²) in [5.74, 6) is 0.159. The van der Waals surface area contributed by atoms with Crippen LogP contribution in [-0.4, -0.2) is 23.1 Å². The fourth-order valence-corrected chi connectivity index (χ4v) is 2.59. The molecule has 16 heavy (non-hydrogen) atoms. The molecule has 0 radical (unpaired) electrons. The predicted octanol–water partition coefficient (Wildman–Crippen LogP) is 0.932. The summed E-state index contributed by atoms with van der Waals surface area (Å²) in [5.41, 5.74) is 7.13. The molecule has 0 aromatic carbocycles. The van der Waals surface area contributed by atoms with Gasteiger partial charge >= 0.3 is 0 Å². The van der Waals surface area contributed by atoms with Crippen LogP contribution < -0.4 is 5.73 Å². The summed E-state index contributed by atoms with van der Waals surface area (Å²) in [6.07, 6.45) is 11.5. The van der Waals surface area contributed by atoms with Crippen molar-refractivity contribution in [1.82, 2.24) is 4.90 Å². The Hall–Kier alpha value is -1.84. The molecule has 2 unspecified atom stereocenters. The van der Waals surface area contributed by atoms with E-state index in [1.54, 1.807) is 6.20 Å². The molecule has 4 heteroatoms. The highest BCUT2D eigenvalue weighted by atomic mass is 16.1. The molecule has 1 amide bonds. The Balaban J connectivity index is 1.95. The van der Waals surface area contributed by atoms with E-state index in [1.165, 1.54) is 5.70 Å². The van der Waals surface area contributed by atoms with E-state index in [1.807, 2.05) is 24.6 Å². The normalized spacial score (nSPS) is 30.6. The van der Waals surface area contributed by atoms with Crippen molar-refractivity contribution in [2.45, 2.75) is 18.9 Å².